The number of carbonyl (C=O) groups is 2. The highest BCUT2D eigenvalue weighted by molar-refractivity contribution is 5.79. The Hall–Kier alpha value is -2.66. The fraction of sp³-hybridized carbons (Fsp3) is 0.391. The third kappa shape index (κ3) is 5.92. The second-order valence-electron chi connectivity index (χ2n) is 7.51. The van der Waals surface area contributed by atoms with Crippen LogP contribution in [0.25, 0.3) is 0 Å². The minimum atomic E-state index is -0.873. The van der Waals surface area contributed by atoms with E-state index in [2.05, 4.69) is 22.3 Å². The van der Waals surface area contributed by atoms with Crippen molar-refractivity contribution < 1.29 is 14.7 Å². The molecule has 0 spiro atoms. The van der Waals surface area contributed by atoms with Gasteiger partial charge in [-0.1, -0.05) is 60.7 Å². The first kappa shape index (κ1) is 20.1. The van der Waals surface area contributed by atoms with Crippen molar-refractivity contribution in [2.24, 2.45) is 11.8 Å². The monoisotopic (exact) mass is 380 g/mol. The number of rotatable bonds is 8. The molecule has 0 saturated carbocycles. The van der Waals surface area contributed by atoms with Crippen molar-refractivity contribution in [3.05, 3.63) is 71.8 Å². The summed E-state index contributed by atoms with van der Waals surface area (Å²) < 4.78 is 0. The Bertz CT molecular complexity index is 756. The summed E-state index contributed by atoms with van der Waals surface area (Å²) in [5, 5.41) is 12.4. The maximum Gasteiger partial charge on any atom is 0.308 e. The van der Waals surface area contributed by atoms with Crippen molar-refractivity contribution in [2.75, 3.05) is 19.6 Å². The third-order valence-electron chi connectivity index (χ3n) is 5.40. The van der Waals surface area contributed by atoms with E-state index < -0.39 is 11.9 Å². The lowest BCUT2D eigenvalue weighted by Gasteiger charge is -2.31. The van der Waals surface area contributed by atoms with Gasteiger partial charge in [0.15, 0.2) is 0 Å². The summed E-state index contributed by atoms with van der Waals surface area (Å²) in [6, 6.07) is 19.9. The third-order valence-corrected chi connectivity index (χ3v) is 5.40. The lowest BCUT2D eigenvalue weighted by Crippen LogP contribution is -2.42. The van der Waals surface area contributed by atoms with Crippen LogP contribution in [0.2, 0.25) is 0 Å². The molecule has 2 N–H and O–H groups in total. The first-order chi connectivity index (χ1) is 13.6. The van der Waals surface area contributed by atoms with Crippen molar-refractivity contribution in [3.63, 3.8) is 0 Å². The van der Waals surface area contributed by atoms with Gasteiger partial charge in [0.05, 0.1) is 5.92 Å². The molecule has 28 heavy (non-hydrogen) atoms. The molecule has 2 aromatic carbocycles. The predicted molar refractivity (Wildman–Crippen MR) is 109 cm³/mol. The standard InChI is InChI=1S/C23H28N2O3/c26-22(24-16-21(23(27)28)15-18-7-3-1-4-8-18)20-11-13-25(14-12-20)17-19-9-5-2-6-10-19/h1-10,20-21H,11-17H2,(H,24,26)(H,27,28). The van der Waals surface area contributed by atoms with Crippen LogP contribution >= 0.6 is 0 Å². The van der Waals surface area contributed by atoms with Crippen molar-refractivity contribution in [3.8, 4) is 0 Å². The van der Waals surface area contributed by atoms with Crippen molar-refractivity contribution >= 4 is 11.9 Å². The minimum Gasteiger partial charge on any atom is -0.481 e. The van der Waals surface area contributed by atoms with E-state index in [-0.39, 0.29) is 18.4 Å². The molecular weight excluding hydrogens is 352 g/mol. The Balaban J connectivity index is 1.43. The van der Waals surface area contributed by atoms with E-state index in [1.807, 2.05) is 48.5 Å². The van der Waals surface area contributed by atoms with Gasteiger partial charge < -0.3 is 10.4 Å². The fourth-order valence-electron chi connectivity index (χ4n) is 3.71. The van der Waals surface area contributed by atoms with Crippen LogP contribution in [0.3, 0.4) is 0 Å². The van der Waals surface area contributed by atoms with Crippen LogP contribution in [0, 0.1) is 11.8 Å². The second-order valence-corrected chi connectivity index (χ2v) is 7.51. The Morgan fingerprint density at radius 2 is 1.54 bits per heavy atom. The number of amides is 1. The van der Waals surface area contributed by atoms with E-state index in [0.717, 1.165) is 38.0 Å². The SMILES string of the molecule is O=C(O)C(CNC(=O)C1CCN(Cc2ccccc2)CC1)Cc1ccccc1. The highest BCUT2D eigenvalue weighted by Crippen LogP contribution is 2.19. The maximum atomic E-state index is 12.5. The smallest absolute Gasteiger partial charge is 0.308 e. The topological polar surface area (TPSA) is 69.6 Å². The van der Waals surface area contributed by atoms with Crippen LogP contribution in [-0.4, -0.2) is 41.5 Å². The van der Waals surface area contributed by atoms with Gasteiger partial charge in [0.25, 0.3) is 0 Å². The largest absolute Gasteiger partial charge is 0.481 e. The number of carbonyl (C=O) groups excluding carboxylic acids is 1. The summed E-state index contributed by atoms with van der Waals surface area (Å²) in [5.41, 5.74) is 2.26. The first-order valence-corrected chi connectivity index (χ1v) is 9.92. The molecule has 0 aromatic heterocycles. The lowest BCUT2D eigenvalue weighted by atomic mass is 9.94. The van der Waals surface area contributed by atoms with E-state index in [9.17, 15) is 14.7 Å². The van der Waals surface area contributed by atoms with Gasteiger partial charge in [0.1, 0.15) is 0 Å². The Labute approximate surface area is 166 Å². The Morgan fingerprint density at radius 3 is 2.11 bits per heavy atom. The fourth-order valence-corrected chi connectivity index (χ4v) is 3.71. The second kappa shape index (κ2) is 10.0. The molecule has 0 bridgehead atoms. The van der Waals surface area contributed by atoms with Gasteiger partial charge in [0, 0.05) is 19.0 Å². The molecule has 1 unspecified atom stereocenters. The van der Waals surface area contributed by atoms with Crippen LogP contribution in [0.15, 0.2) is 60.7 Å². The van der Waals surface area contributed by atoms with Crippen molar-refractivity contribution in [1.29, 1.82) is 0 Å². The molecule has 1 atom stereocenters. The molecule has 1 aliphatic rings. The molecule has 1 saturated heterocycles. The maximum absolute atomic E-state index is 12.5. The zero-order chi connectivity index (χ0) is 19.8. The molecule has 0 aliphatic carbocycles. The average molecular weight is 380 g/mol. The van der Waals surface area contributed by atoms with Gasteiger partial charge in [0.2, 0.25) is 5.91 Å². The molecular formula is C23H28N2O3. The lowest BCUT2D eigenvalue weighted by molar-refractivity contribution is -0.141. The zero-order valence-corrected chi connectivity index (χ0v) is 16.1. The Morgan fingerprint density at radius 1 is 0.964 bits per heavy atom. The number of nitrogens with one attached hydrogen (secondary N) is 1. The van der Waals surface area contributed by atoms with Crippen LogP contribution in [0.5, 0.6) is 0 Å². The number of piperidine rings is 1. The summed E-state index contributed by atoms with van der Waals surface area (Å²) in [6.45, 7) is 2.86. The molecule has 148 valence electrons. The van der Waals surface area contributed by atoms with Crippen molar-refractivity contribution in [2.45, 2.75) is 25.8 Å². The summed E-state index contributed by atoms with van der Waals surface area (Å²) in [6.07, 6.45) is 2.05. The minimum absolute atomic E-state index is 0.0151. The molecule has 1 amide bonds. The summed E-state index contributed by atoms with van der Waals surface area (Å²) in [5.74, 6) is -1.52. The molecule has 1 heterocycles. The number of benzene rings is 2. The number of hydrogen-bond acceptors (Lipinski definition) is 3. The number of aliphatic carboxylic acids is 1. The van der Waals surface area contributed by atoms with Gasteiger partial charge in [-0.3, -0.25) is 14.5 Å². The number of carboxylic acid groups (broad SMARTS) is 1. The van der Waals surface area contributed by atoms with Crippen LogP contribution in [0.4, 0.5) is 0 Å². The number of nitrogens with zero attached hydrogens (tertiary/aromatic N) is 1. The van der Waals surface area contributed by atoms with Crippen LogP contribution < -0.4 is 5.32 Å². The molecule has 5 heteroatoms. The Kier molecular flexibility index (Phi) is 7.20. The summed E-state index contributed by atoms with van der Waals surface area (Å²) >= 11 is 0. The average Bonchev–Trinajstić information content (AvgIpc) is 2.73. The number of likely N-dealkylation sites (tertiary alicyclic amines) is 1. The summed E-state index contributed by atoms with van der Waals surface area (Å²) in [7, 11) is 0. The molecule has 3 rings (SSSR count). The molecule has 1 aliphatic heterocycles. The van der Waals surface area contributed by atoms with Crippen molar-refractivity contribution in [1.82, 2.24) is 10.2 Å². The van der Waals surface area contributed by atoms with E-state index >= 15 is 0 Å². The summed E-state index contributed by atoms with van der Waals surface area (Å²) in [4.78, 5) is 26.4. The van der Waals surface area contributed by atoms with Gasteiger partial charge >= 0.3 is 5.97 Å². The molecule has 1 fully saturated rings. The predicted octanol–water partition coefficient (Wildman–Crippen LogP) is 2.96. The van der Waals surface area contributed by atoms with E-state index in [4.69, 9.17) is 0 Å². The zero-order valence-electron chi connectivity index (χ0n) is 16.1. The van der Waals surface area contributed by atoms with Gasteiger partial charge in [-0.25, -0.2) is 0 Å². The highest BCUT2D eigenvalue weighted by Gasteiger charge is 2.26. The van der Waals surface area contributed by atoms with Crippen LogP contribution in [0.1, 0.15) is 24.0 Å². The van der Waals surface area contributed by atoms with E-state index in [0.29, 0.717) is 6.42 Å². The normalized spacial score (nSPS) is 16.4. The van der Waals surface area contributed by atoms with Gasteiger partial charge in [-0.05, 0) is 43.5 Å². The van der Waals surface area contributed by atoms with E-state index in [1.165, 1.54) is 5.56 Å². The van der Waals surface area contributed by atoms with Gasteiger partial charge in [-0.2, -0.15) is 0 Å². The molecule has 5 nitrogen and oxygen atoms in total. The first-order valence-electron chi connectivity index (χ1n) is 9.92. The number of hydrogen-bond donors (Lipinski definition) is 2. The molecule has 2 aromatic rings. The molecule has 0 radical (unpaired) electrons. The van der Waals surface area contributed by atoms with E-state index in [1.54, 1.807) is 0 Å². The highest BCUT2D eigenvalue weighted by atomic mass is 16.4. The van der Waals surface area contributed by atoms with Crippen LogP contribution in [-0.2, 0) is 22.6 Å². The number of carboxylic acids is 1. The van der Waals surface area contributed by atoms with Gasteiger partial charge in [-0.15, -0.1) is 0 Å². The quantitative estimate of drug-likeness (QED) is 0.739.